The van der Waals surface area contributed by atoms with Gasteiger partial charge in [-0.1, -0.05) is 48.0 Å². The third-order valence-electron chi connectivity index (χ3n) is 7.27. The summed E-state index contributed by atoms with van der Waals surface area (Å²) < 4.78 is 13.1. The molecule has 5 aromatic rings. The van der Waals surface area contributed by atoms with Crippen LogP contribution in [0.1, 0.15) is 5.56 Å². The van der Waals surface area contributed by atoms with Crippen LogP contribution < -0.4 is 14.4 Å². The summed E-state index contributed by atoms with van der Waals surface area (Å²) in [6.45, 7) is 4.84. The standard InChI is InChI=1S/C30H26ClN5O2/c31-23-7-9-24(10-8-23)36-18-25(22-4-2-1-3-5-22)28-29(32-19-33-30(28)36)35-14-12-34(13-15-35)17-21-6-11-26-27(16-21)38-20-37-26/h1-11,16,18-19H,12-15,17,20H2. The summed E-state index contributed by atoms with van der Waals surface area (Å²) in [6.07, 6.45) is 3.84. The third kappa shape index (κ3) is 4.23. The number of ether oxygens (including phenoxy) is 2. The molecule has 2 aliphatic rings. The lowest BCUT2D eigenvalue weighted by atomic mass is 10.1. The highest BCUT2D eigenvalue weighted by atomic mass is 35.5. The van der Waals surface area contributed by atoms with Crippen molar-refractivity contribution in [3.8, 4) is 28.3 Å². The van der Waals surface area contributed by atoms with Crippen LogP contribution in [0.4, 0.5) is 5.82 Å². The van der Waals surface area contributed by atoms with Crippen LogP contribution in [-0.4, -0.2) is 52.4 Å². The van der Waals surface area contributed by atoms with E-state index < -0.39 is 0 Å². The molecule has 0 bridgehead atoms. The summed E-state index contributed by atoms with van der Waals surface area (Å²) in [5.41, 5.74) is 5.40. The molecule has 3 aromatic carbocycles. The fraction of sp³-hybridized carbons (Fsp3) is 0.200. The minimum atomic E-state index is 0.301. The highest BCUT2D eigenvalue weighted by molar-refractivity contribution is 6.30. The number of piperazine rings is 1. The molecule has 4 heterocycles. The highest BCUT2D eigenvalue weighted by Crippen LogP contribution is 2.37. The van der Waals surface area contributed by atoms with E-state index in [1.165, 1.54) is 5.56 Å². The normalized spacial score (nSPS) is 15.3. The van der Waals surface area contributed by atoms with Crippen LogP contribution in [0.3, 0.4) is 0 Å². The maximum Gasteiger partial charge on any atom is 0.231 e. The van der Waals surface area contributed by atoms with Crippen molar-refractivity contribution in [3.05, 3.63) is 95.9 Å². The van der Waals surface area contributed by atoms with Crippen LogP contribution in [-0.2, 0) is 6.54 Å². The van der Waals surface area contributed by atoms with E-state index in [1.54, 1.807) is 6.33 Å². The fourth-order valence-corrected chi connectivity index (χ4v) is 5.46. The summed E-state index contributed by atoms with van der Waals surface area (Å²) in [4.78, 5) is 14.4. The Morgan fingerprint density at radius 2 is 1.61 bits per heavy atom. The van der Waals surface area contributed by atoms with E-state index in [4.69, 9.17) is 31.0 Å². The molecule has 0 atom stereocenters. The van der Waals surface area contributed by atoms with E-state index in [9.17, 15) is 0 Å². The average molecular weight is 524 g/mol. The fourth-order valence-electron chi connectivity index (χ4n) is 5.34. The van der Waals surface area contributed by atoms with Crippen LogP contribution >= 0.6 is 11.6 Å². The Bertz CT molecular complexity index is 1600. The summed E-state index contributed by atoms with van der Waals surface area (Å²) in [7, 11) is 0. The second kappa shape index (κ2) is 9.67. The van der Waals surface area contributed by atoms with Crippen molar-refractivity contribution < 1.29 is 9.47 Å². The van der Waals surface area contributed by atoms with Gasteiger partial charge < -0.3 is 18.9 Å². The van der Waals surface area contributed by atoms with Gasteiger partial charge in [0.25, 0.3) is 0 Å². The predicted molar refractivity (Wildman–Crippen MR) is 149 cm³/mol. The lowest BCUT2D eigenvalue weighted by Gasteiger charge is -2.35. The predicted octanol–water partition coefficient (Wildman–Crippen LogP) is 5.79. The second-order valence-electron chi connectivity index (χ2n) is 9.60. The molecule has 7 nitrogen and oxygen atoms in total. The molecular formula is C30H26ClN5O2. The van der Waals surface area contributed by atoms with Gasteiger partial charge in [-0.15, -0.1) is 0 Å². The molecule has 0 amide bonds. The number of aromatic nitrogens is 3. The minimum absolute atomic E-state index is 0.301. The summed E-state index contributed by atoms with van der Waals surface area (Å²) in [5, 5.41) is 1.78. The maximum absolute atomic E-state index is 6.18. The number of hydrogen-bond acceptors (Lipinski definition) is 6. The van der Waals surface area contributed by atoms with Crippen molar-refractivity contribution in [1.29, 1.82) is 0 Å². The monoisotopic (exact) mass is 523 g/mol. The van der Waals surface area contributed by atoms with Crippen molar-refractivity contribution in [2.75, 3.05) is 37.9 Å². The second-order valence-corrected chi connectivity index (χ2v) is 10.0. The van der Waals surface area contributed by atoms with E-state index in [1.807, 2.05) is 36.4 Å². The number of benzene rings is 3. The Kier molecular flexibility index (Phi) is 5.87. The minimum Gasteiger partial charge on any atom is -0.454 e. The van der Waals surface area contributed by atoms with Gasteiger partial charge in [-0.2, -0.15) is 0 Å². The van der Waals surface area contributed by atoms with Gasteiger partial charge >= 0.3 is 0 Å². The van der Waals surface area contributed by atoms with Crippen molar-refractivity contribution in [3.63, 3.8) is 0 Å². The van der Waals surface area contributed by atoms with Crippen molar-refractivity contribution in [1.82, 2.24) is 19.4 Å². The van der Waals surface area contributed by atoms with E-state index in [2.05, 4.69) is 57.0 Å². The first kappa shape index (κ1) is 23.1. The van der Waals surface area contributed by atoms with Gasteiger partial charge in [0.1, 0.15) is 12.1 Å². The molecule has 190 valence electrons. The Hall–Kier alpha value is -4.07. The van der Waals surface area contributed by atoms with E-state index in [0.29, 0.717) is 11.8 Å². The Morgan fingerprint density at radius 1 is 0.816 bits per heavy atom. The zero-order valence-electron chi connectivity index (χ0n) is 20.8. The molecule has 2 aromatic heterocycles. The topological polar surface area (TPSA) is 55.7 Å². The van der Waals surface area contributed by atoms with E-state index >= 15 is 0 Å². The summed E-state index contributed by atoms with van der Waals surface area (Å²) in [5.74, 6) is 2.64. The van der Waals surface area contributed by atoms with Crippen LogP contribution in [0.15, 0.2) is 85.3 Å². The number of hydrogen-bond donors (Lipinski definition) is 0. The number of anilines is 1. The quantitative estimate of drug-likeness (QED) is 0.290. The molecule has 0 N–H and O–H groups in total. The van der Waals surface area contributed by atoms with E-state index in [0.717, 1.165) is 77.9 Å². The van der Waals surface area contributed by atoms with E-state index in [-0.39, 0.29) is 0 Å². The molecule has 0 aliphatic carbocycles. The molecule has 0 spiro atoms. The molecule has 1 saturated heterocycles. The lowest BCUT2D eigenvalue weighted by Crippen LogP contribution is -2.46. The molecule has 7 rings (SSSR count). The SMILES string of the molecule is Clc1ccc(-n2cc(-c3ccccc3)c3c(N4CCN(Cc5ccc6c(c5)OCO6)CC4)ncnc32)cc1. The van der Waals surface area contributed by atoms with Crippen molar-refractivity contribution in [2.45, 2.75) is 6.54 Å². The van der Waals surface area contributed by atoms with Gasteiger partial charge in [0.2, 0.25) is 6.79 Å². The number of nitrogens with zero attached hydrogens (tertiary/aromatic N) is 5. The van der Waals surface area contributed by atoms with Crippen LogP contribution in [0.2, 0.25) is 5.02 Å². The Morgan fingerprint density at radius 3 is 2.42 bits per heavy atom. The number of fused-ring (bicyclic) bond motifs is 2. The number of rotatable bonds is 5. The first-order valence-electron chi connectivity index (χ1n) is 12.8. The first-order chi connectivity index (χ1) is 18.7. The molecular weight excluding hydrogens is 498 g/mol. The van der Waals surface area contributed by atoms with Gasteiger partial charge in [0, 0.05) is 55.2 Å². The molecule has 38 heavy (non-hydrogen) atoms. The molecule has 0 radical (unpaired) electrons. The van der Waals surface area contributed by atoms with Gasteiger partial charge in [-0.3, -0.25) is 4.90 Å². The number of halogens is 1. The van der Waals surface area contributed by atoms with Crippen LogP contribution in [0.5, 0.6) is 11.5 Å². The van der Waals surface area contributed by atoms with Gasteiger partial charge in [-0.05, 0) is 47.5 Å². The maximum atomic E-state index is 6.18. The van der Waals surface area contributed by atoms with Crippen molar-refractivity contribution >= 4 is 28.5 Å². The zero-order valence-corrected chi connectivity index (χ0v) is 21.5. The molecule has 0 saturated carbocycles. The molecule has 0 unspecified atom stereocenters. The summed E-state index contributed by atoms with van der Waals surface area (Å²) >= 11 is 6.18. The van der Waals surface area contributed by atoms with Gasteiger partial charge in [-0.25, -0.2) is 9.97 Å². The Labute approximate surface area is 225 Å². The largest absolute Gasteiger partial charge is 0.454 e. The Balaban J connectivity index is 1.20. The smallest absolute Gasteiger partial charge is 0.231 e. The highest BCUT2D eigenvalue weighted by Gasteiger charge is 2.24. The molecule has 8 heteroatoms. The first-order valence-corrected chi connectivity index (χ1v) is 13.1. The van der Waals surface area contributed by atoms with Crippen LogP contribution in [0, 0.1) is 0 Å². The van der Waals surface area contributed by atoms with Gasteiger partial charge in [0.05, 0.1) is 5.39 Å². The van der Waals surface area contributed by atoms with Gasteiger partial charge in [0.15, 0.2) is 17.1 Å². The summed E-state index contributed by atoms with van der Waals surface area (Å²) in [6, 6.07) is 24.5. The van der Waals surface area contributed by atoms with Crippen molar-refractivity contribution in [2.24, 2.45) is 0 Å². The third-order valence-corrected chi connectivity index (χ3v) is 7.52. The van der Waals surface area contributed by atoms with Crippen LogP contribution in [0.25, 0.3) is 27.8 Å². The lowest BCUT2D eigenvalue weighted by molar-refractivity contribution is 0.174. The zero-order chi connectivity index (χ0) is 25.5. The average Bonchev–Trinajstić information content (AvgIpc) is 3.59. The molecule has 1 fully saturated rings. The molecule has 2 aliphatic heterocycles.